The Labute approximate surface area is 143 Å². The van der Waals surface area contributed by atoms with E-state index in [1.165, 1.54) is 0 Å². The van der Waals surface area contributed by atoms with Crippen molar-refractivity contribution in [1.82, 2.24) is 0 Å². The fourth-order valence-electron chi connectivity index (χ4n) is 2.09. The van der Waals surface area contributed by atoms with Crippen LogP contribution in [0, 0.1) is 0 Å². The third kappa shape index (κ3) is 8.16. The highest BCUT2D eigenvalue weighted by Gasteiger charge is 2.15. The first-order valence-corrected chi connectivity index (χ1v) is 9.44. The summed E-state index contributed by atoms with van der Waals surface area (Å²) < 4.78 is 10.4. The highest BCUT2D eigenvalue weighted by atomic mass is 32.1. The highest BCUT2D eigenvalue weighted by Crippen LogP contribution is 2.19. The SMILES string of the molecule is CCCCCCOC(=O)c1ccc(C(=O)OCCCCCC)s1. The molecule has 0 saturated heterocycles. The van der Waals surface area contributed by atoms with E-state index in [4.69, 9.17) is 9.47 Å². The van der Waals surface area contributed by atoms with Crippen LogP contribution in [-0.4, -0.2) is 25.2 Å². The largest absolute Gasteiger partial charge is 0.462 e. The molecule has 0 aliphatic heterocycles. The van der Waals surface area contributed by atoms with E-state index < -0.39 is 0 Å². The van der Waals surface area contributed by atoms with Gasteiger partial charge in [0.15, 0.2) is 0 Å². The third-order valence-electron chi connectivity index (χ3n) is 3.47. The summed E-state index contributed by atoms with van der Waals surface area (Å²) in [4.78, 5) is 24.7. The molecule has 4 nitrogen and oxygen atoms in total. The summed E-state index contributed by atoms with van der Waals surface area (Å²) in [7, 11) is 0. The lowest BCUT2D eigenvalue weighted by molar-refractivity contribution is 0.0496. The van der Waals surface area contributed by atoms with Crippen molar-refractivity contribution in [3.8, 4) is 0 Å². The van der Waals surface area contributed by atoms with E-state index in [9.17, 15) is 9.59 Å². The monoisotopic (exact) mass is 340 g/mol. The van der Waals surface area contributed by atoms with Crippen molar-refractivity contribution in [2.24, 2.45) is 0 Å². The molecule has 1 heterocycles. The first-order chi connectivity index (χ1) is 11.2. The van der Waals surface area contributed by atoms with Gasteiger partial charge in [0, 0.05) is 0 Å². The van der Waals surface area contributed by atoms with Crippen LogP contribution in [0.2, 0.25) is 0 Å². The number of unbranched alkanes of at least 4 members (excludes halogenated alkanes) is 6. The Balaban J connectivity index is 2.29. The topological polar surface area (TPSA) is 52.6 Å². The van der Waals surface area contributed by atoms with Crippen LogP contribution in [0.15, 0.2) is 12.1 Å². The lowest BCUT2D eigenvalue weighted by Crippen LogP contribution is -2.05. The average Bonchev–Trinajstić information content (AvgIpc) is 3.04. The highest BCUT2D eigenvalue weighted by molar-refractivity contribution is 7.15. The number of hydrogen-bond donors (Lipinski definition) is 0. The fraction of sp³-hybridized carbons (Fsp3) is 0.667. The first-order valence-electron chi connectivity index (χ1n) is 8.63. The average molecular weight is 340 g/mol. The smallest absolute Gasteiger partial charge is 0.348 e. The van der Waals surface area contributed by atoms with Gasteiger partial charge in [0.2, 0.25) is 0 Å². The molecule has 0 fully saturated rings. The molecule has 0 unspecified atom stereocenters. The zero-order valence-corrected chi connectivity index (χ0v) is 15.1. The third-order valence-corrected chi connectivity index (χ3v) is 4.52. The minimum atomic E-state index is -0.353. The maximum absolute atomic E-state index is 11.9. The van der Waals surface area contributed by atoms with E-state index in [2.05, 4.69) is 13.8 Å². The van der Waals surface area contributed by atoms with E-state index in [1.807, 2.05) is 0 Å². The van der Waals surface area contributed by atoms with Gasteiger partial charge in [-0.15, -0.1) is 11.3 Å². The second-order valence-electron chi connectivity index (χ2n) is 5.56. The molecule has 0 amide bonds. The second-order valence-corrected chi connectivity index (χ2v) is 6.64. The molecule has 0 aromatic carbocycles. The van der Waals surface area contributed by atoms with Crippen molar-refractivity contribution in [2.75, 3.05) is 13.2 Å². The van der Waals surface area contributed by atoms with Crippen LogP contribution in [-0.2, 0) is 9.47 Å². The van der Waals surface area contributed by atoms with Gasteiger partial charge in [0.05, 0.1) is 13.2 Å². The van der Waals surface area contributed by atoms with Crippen LogP contribution < -0.4 is 0 Å². The molecule has 0 radical (unpaired) electrons. The summed E-state index contributed by atoms with van der Waals surface area (Å²) in [5.41, 5.74) is 0. The van der Waals surface area contributed by atoms with Gasteiger partial charge in [-0.1, -0.05) is 52.4 Å². The fourth-order valence-corrected chi connectivity index (χ4v) is 2.88. The molecule has 0 spiro atoms. The van der Waals surface area contributed by atoms with Crippen molar-refractivity contribution >= 4 is 23.3 Å². The molecule has 0 saturated carbocycles. The molecule has 0 bridgehead atoms. The van der Waals surface area contributed by atoms with Crippen molar-refractivity contribution < 1.29 is 19.1 Å². The summed E-state index contributed by atoms with van der Waals surface area (Å²) in [5.74, 6) is -0.706. The van der Waals surface area contributed by atoms with Crippen molar-refractivity contribution in [3.05, 3.63) is 21.9 Å². The van der Waals surface area contributed by atoms with Crippen LogP contribution in [0.5, 0.6) is 0 Å². The van der Waals surface area contributed by atoms with E-state index in [1.54, 1.807) is 12.1 Å². The molecular formula is C18H28O4S. The molecule has 1 aromatic heterocycles. The van der Waals surface area contributed by atoms with E-state index >= 15 is 0 Å². The van der Waals surface area contributed by atoms with Gasteiger partial charge in [-0.3, -0.25) is 0 Å². The Kier molecular flexibility index (Phi) is 10.4. The minimum absolute atomic E-state index is 0.353. The minimum Gasteiger partial charge on any atom is -0.462 e. The number of rotatable bonds is 12. The van der Waals surface area contributed by atoms with Gasteiger partial charge in [-0.25, -0.2) is 9.59 Å². The van der Waals surface area contributed by atoms with Gasteiger partial charge in [-0.05, 0) is 25.0 Å². The van der Waals surface area contributed by atoms with Crippen LogP contribution in [0.3, 0.4) is 0 Å². The molecule has 1 aromatic rings. The van der Waals surface area contributed by atoms with E-state index in [0.717, 1.165) is 62.7 Å². The van der Waals surface area contributed by atoms with Gasteiger partial charge in [0.1, 0.15) is 9.75 Å². The number of thiophene rings is 1. The van der Waals surface area contributed by atoms with Crippen LogP contribution in [0.25, 0.3) is 0 Å². The molecule has 1 rings (SSSR count). The van der Waals surface area contributed by atoms with Crippen LogP contribution in [0.4, 0.5) is 0 Å². The summed E-state index contributed by atoms with van der Waals surface area (Å²) in [6.45, 7) is 5.16. The summed E-state index contributed by atoms with van der Waals surface area (Å²) in [6, 6.07) is 3.26. The molecule has 0 aliphatic carbocycles. The Morgan fingerprint density at radius 2 is 1.22 bits per heavy atom. The predicted molar refractivity (Wildman–Crippen MR) is 93.2 cm³/mol. The Bertz CT molecular complexity index is 427. The number of ether oxygens (including phenoxy) is 2. The van der Waals surface area contributed by atoms with Gasteiger partial charge >= 0.3 is 11.9 Å². The Morgan fingerprint density at radius 1 is 0.783 bits per heavy atom. The van der Waals surface area contributed by atoms with E-state index in [0.29, 0.717) is 23.0 Å². The Hall–Kier alpha value is -1.36. The second kappa shape index (κ2) is 12.1. The lowest BCUT2D eigenvalue weighted by atomic mass is 10.2. The van der Waals surface area contributed by atoms with Crippen molar-refractivity contribution in [1.29, 1.82) is 0 Å². The van der Waals surface area contributed by atoms with Gasteiger partial charge in [-0.2, -0.15) is 0 Å². The molecule has 0 atom stereocenters. The van der Waals surface area contributed by atoms with Gasteiger partial charge in [0.25, 0.3) is 0 Å². The number of esters is 2. The first kappa shape index (κ1) is 19.7. The summed E-state index contributed by atoms with van der Waals surface area (Å²) >= 11 is 1.14. The maximum Gasteiger partial charge on any atom is 0.348 e. The Morgan fingerprint density at radius 3 is 1.61 bits per heavy atom. The molecule has 23 heavy (non-hydrogen) atoms. The van der Waals surface area contributed by atoms with Gasteiger partial charge < -0.3 is 9.47 Å². The van der Waals surface area contributed by atoms with Crippen molar-refractivity contribution in [2.45, 2.75) is 65.2 Å². The number of carbonyl (C=O) groups excluding carboxylic acids is 2. The van der Waals surface area contributed by atoms with E-state index in [-0.39, 0.29) is 11.9 Å². The predicted octanol–water partition coefficient (Wildman–Crippen LogP) is 5.22. The number of carbonyl (C=O) groups is 2. The normalized spacial score (nSPS) is 10.5. The van der Waals surface area contributed by atoms with Crippen LogP contribution >= 0.6 is 11.3 Å². The zero-order chi connectivity index (χ0) is 16.9. The molecule has 0 aliphatic rings. The zero-order valence-electron chi connectivity index (χ0n) is 14.3. The molecule has 0 N–H and O–H groups in total. The quantitative estimate of drug-likeness (QED) is 0.386. The number of hydrogen-bond acceptors (Lipinski definition) is 5. The molecule has 130 valence electrons. The molecule has 5 heteroatoms. The lowest BCUT2D eigenvalue weighted by Gasteiger charge is -2.03. The molecular weight excluding hydrogens is 312 g/mol. The van der Waals surface area contributed by atoms with Crippen LogP contribution in [0.1, 0.15) is 84.6 Å². The summed E-state index contributed by atoms with van der Waals surface area (Å²) in [5, 5.41) is 0. The van der Waals surface area contributed by atoms with Crippen molar-refractivity contribution in [3.63, 3.8) is 0 Å². The summed E-state index contributed by atoms with van der Waals surface area (Å²) in [6.07, 6.45) is 8.55. The standard InChI is InChI=1S/C18H28O4S/c1-3-5-7-9-13-21-17(19)15-11-12-16(23-15)18(20)22-14-10-8-6-4-2/h11-12H,3-10,13-14H2,1-2H3. The maximum atomic E-state index is 11.9.